The van der Waals surface area contributed by atoms with E-state index in [1.54, 1.807) is 0 Å². The van der Waals surface area contributed by atoms with Gasteiger partial charge in [-0.2, -0.15) is 0 Å². The molecule has 0 saturated carbocycles. The van der Waals surface area contributed by atoms with Crippen LogP contribution in [0.15, 0.2) is 0 Å². The summed E-state index contributed by atoms with van der Waals surface area (Å²) >= 11 is 0. The second kappa shape index (κ2) is 17.5. The van der Waals surface area contributed by atoms with Crippen molar-refractivity contribution in [3.63, 3.8) is 0 Å². The molecule has 0 aromatic rings. The lowest BCUT2D eigenvalue weighted by Crippen LogP contribution is -2.37. The van der Waals surface area contributed by atoms with E-state index in [9.17, 15) is 5.11 Å². The molecule has 0 aliphatic carbocycles. The van der Waals surface area contributed by atoms with Crippen molar-refractivity contribution in [3.05, 3.63) is 0 Å². The summed E-state index contributed by atoms with van der Waals surface area (Å²) in [6.45, 7) is 8.95. The summed E-state index contributed by atoms with van der Waals surface area (Å²) in [5.41, 5.74) is 11.0. The molecule has 24 heavy (non-hydrogen) atoms. The minimum atomic E-state index is -0.324. The molecule has 0 heterocycles. The molecule has 0 aromatic carbocycles. The monoisotopic (exact) mass is 346 g/mol. The van der Waals surface area contributed by atoms with Gasteiger partial charge >= 0.3 is 0 Å². The highest BCUT2D eigenvalue weighted by Crippen LogP contribution is 1.90. The van der Waals surface area contributed by atoms with Gasteiger partial charge in [0.2, 0.25) is 0 Å². The lowest BCUT2D eigenvalue weighted by Gasteiger charge is -2.18. The number of aliphatic hydroxyl groups excluding tert-OH is 1. The smallest absolute Gasteiger partial charge is 0.0788 e. The van der Waals surface area contributed by atoms with Crippen LogP contribution in [0.4, 0.5) is 0 Å². The first-order chi connectivity index (χ1) is 11.6. The first-order valence-corrected chi connectivity index (χ1v) is 9.46. The maximum Gasteiger partial charge on any atom is 0.0788 e. The summed E-state index contributed by atoms with van der Waals surface area (Å²) in [6.07, 6.45) is 3.97. The minimum Gasteiger partial charge on any atom is -0.390 e. The quantitative estimate of drug-likeness (QED) is 0.200. The Balaban J connectivity index is 3.33. The van der Waals surface area contributed by atoms with Crippen LogP contribution in [-0.2, 0) is 0 Å². The summed E-state index contributed by atoms with van der Waals surface area (Å²) in [5, 5.41) is 16.6. The van der Waals surface area contributed by atoms with Crippen molar-refractivity contribution in [2.24, 2.45) is 11.5 Å². The summed E-state index contributed by atoms with van der Waals surface area (Å²) in [7, 11) is 4.25. The molecule has 0 spiro atoms. The third kappa shape index (κ3) is 16.6. The Hall–Kier alpha value is -0.280. The van der Waals surface area contributed by atoms with Gasteiger partial charge in [-0.05, 0) is 92.1 Å². The van der Waals surface area contributed by atoms with Gasteiger partial charge in [0.25, 0.3) is 0 Å². The average Bonchev–Trinajstić information content (AvgIpc) is 2.57. The molecule has 7 heteroatoms. The van der Waals surface area contributed by atoms with Crippen molar-refractivity contribution in [1.82, 2.24) is 20.4 Å². The second-order valence-electron chi connectivity index (χ2n) is 6.66. The first-order valence-electron chi connectivity index (χ1n) is 9.46. The Labute approximate surface area is 149 Å². The predicted molar refractivity (Wildman–Crippen MR) is 103 cm³/mol. The van der Waals surface area contributed by atoms with Crippen LogP contribution in [0.2, 0.25) is 0 Å². The van der Waals surface area contributed by atoms with Crippen molar-refractivity contribution >= 4 is 0 Å². The SMILES string of the molecule is CN(CCCN)CCCNCC(O)CNCCCN(C)CCCN. The van der Waals surface area contributed by atoms with Gasteiger partial charge in [0.15, 0.2) is 0 Å². The highest BCUT2D eigenvalue weighted by Gasteiger charge is 2.03. The van der Waals surface area contributed by atoms with Gasteiger partial charge in [0, 0.05) is 13.1 Å². The van der Waals surface area contributed by atoms with Gasteiger partial charge in [-0.15, -0.1) is 0 Å². The highest BCUT2D eigenvalue weighted by atomic mass is 16.3. The summed E-state index contributed by atoms with van der Waals surface area (Å²) in [5.74, 6) is 0. The molecule has 0 aromatic heterocycles. The van der Waals surface area contributed by atoms with Crippen LogP contribution in [0.1, 0.15) is 25.7 Å². The zero-order valence-corrected chi connectivity index (χ0v) is 16.0. The second-order valence-corrected chi connectivity index (χ2v) is 6.66. The Morgan fingerprint density at radius 3 is 1.50 bits per heavy atom. The van der Waals surface area contributed by atoms with E-state index in [-0.39, 0.29) is 6.10 Å². The number of nitrogens with two attached hydrogens (primary N) is 2. The molecule has 0 bridgehead atoms. The fourth-order valence-electron chi connectivity index (χ4n) is 2.50. The van der Waals surface area contributed by atoms with E-state index >= 15 is 0 Å². The van der Waals surface area contributed by atoms with Crippen LogP contribution in [0, 0.1) is 0 Å². The Bertz CT molecular complexity index is 233. The van der Waals surface area contributed by atoms with Crippen LogP contribution in [0.3, 0.4) is 0 Å². The normalized spacial score (nSPS) is 12.0. The molecule has 0 aliphatic rings. The maximum absolute atomic E-state index is 9.92. The molecule has 7 N–H and O–H groups in total. The molecule has 0 radical (unpaired) electrons. The summed E-state index contributed by atoms with van der Waals surface area (Å²) in [4.78, 5) is 4.61. The standard InChI is InChI=1S/C17H42N6O/c1-22(11-3-7-18)13-5-9-20-15-17(24)16-21-10-6-14-23(2)12-4-8-19/h17,20-21,24H,3-16,18-19H2,1-2H3. The largest absolute Gasteiger partial charge is 0.390 e. The minimum absolute atomic E-state index is 0.324. The topological polar surface area (TPSA) is 103 Å². The first kappa shape index (κ1) is 23.7. The third-order valence-corrected chi connectivity index (χ3v) is 4.03. The van der Waals surface area contributed by atoms with Crippen molar-refractivity contribution in [2.75, 3.05) is 79.5 Å². The van der Waals surface area contributed by atoms with Crippen LogP contribution in [0.5, 0.6) is 0 Å². The van der Waals surface area contributed by atoms with Gasteiger partial charge in [-0.25, -0.2) is 0 Å². The number of nitrogens with one attached hydrogen (secondary N) is 2. The summed E-state index contributed by atoms with van der Waals surface area (Å²) in [6, 6.07) is 0. The van der Waals surface area contributed by atoms with Crippen LogP contribution < -0.4 is 22.1 Å². The third-order valence-electron chi connectivity index (χ3n) is 4.03. The number of aliphatic hydroxyl groups is 1. The van der Waals surface area contributed by atoms with E-state index in [2.05, 4.69) is 34.5 Å². The van der Waals surface area contributed by atoms with E-state index in [0.717, 1.165) is 78.0 Å². The van der Waals surface area contributed by atoms with E-state index in [1.165, 1.54) is 0 Å². The van der Waals surface area contributed by atoms with Gasteiger partial charge in [0.1, 0.15) is 0 Å². The van der Waals surface area contributed by atoms with E-state index in [1.807, 2.05) is 0 Å². The fourth-order valence-corrected chi connectivity index (χ4v) is 2.50. The lowest BCUT2D eigenvalue weighted by atomic mass is 10.3. The van der Waals surface area contributed by atoms with E-state index in [4.69, 9.17) is 11.5 Å². The molecule has 0 unspecified atom stereocenters. The lowest BCUT2D eigenvalue weighted by molar-refractivity contribution is 0.167. The molecular formula is C17H42N6O. The van der Waals surface area contributed by atoms with Gasteiger partial charge in [-0.3, -0.25) is 0 Å². The summed E-state index contributed by atoms with van der Waals surface area (Å²) < 4.78 is 0. The molecule has 0 aliphatic heterocycles. The zero-order valence-electron chi connectivity index (χ0n) is 16.0. The number of rotatable bonds is 18. The Kier molecular flexibility index (Phi) is 17.3. The van der Waals surface area contributed by atoms with E-state index in [0.29, 0.717) is 13.1 Å². The number of hydrogen-bond donors (Lipinski definition) is 5. The van der Waals surface area contributed by atoms with Crippen LogP contribution in [0.25, 0.3) is 0 Å². The molecule has 0 atom stereocenters. The Morgan fingerprint density at radius 2 is 1.12 bits per heavy atom. The fraction of sp³-hybridized carbons (Fsp3) is 1.00. The van der Waals surface area contributed by atoms with Crippen molar-refractivity contribution < 1.29 is 5.11 Å². The Morgan fingerprint density at radius 1 is 0.750 bits per heavy atom. The zero-order chi connectivity index (χ0) is 18.0. The molecule has 146 valence electrons. The van der Waals surface area contributed by atoms with Crippen molar-refractivity contribution in [2.45, 2.75) is 31.8 Å². The molecule has 0 saturated heterocycles. The predicted octanol–water partition coefficient (Wildman–Crippen LogP) is -1.13. The average molecular weight is 347 g/mol. The van der Waals surface area contributed by atoms with Gasteiger partial charge in [0.05, 0.1) is 6.10 Å². The van der Waals surface area contributed by atoms with Gasteiger partial charge < -0.3 is 37.0 Å². The van der Waals surface area contributed by atoms with Crippen LogP contribution in [-0.4, -0.2) is 101 Å². The number of hydrogen-bond acceptors (Lipinski definition) is 7. The maximum atomic E-state index is 9.92. The molecule has 7 nitrogen and oxygen atoms in total. The molecular weight excluding hydrogens is 304 g/mol. The van der Waals surface area contributed by atoms with Crippen molar-refractivity contribution in [1.29, 1.82) is 0 Å². The van der Waals surface area contributed by atoms with E-state index < -0.39 is 0 Å². The number of nitrogens with zero attached hydrogens (tertiary/aromatic N) is 2. The molecule has 0 amide bonds. The van der Waals surface area contributed by atoms with Crippen LogP contribution >= 0.6 is 0 Å². The molecule has 0 fully saturated rings. The molecule has 0 rings (SSSR count). The van der Waals surface area contributed by atoms with Gasteiger partial charge in [-0.1, -0.05) is 0 Å². The van der Waals surface area contributed by atoms with Crippen molar-refractivity contribution in [3.8, 4) is 0 Å². The highest BCUT2D eigenvalue weighted by molar-refractivity contribution is 4.64.